The van der Waals surface area contributed by atoms with E-state index in [0.717, 1.165) is 12.1 Å². The Morgan fingerprint density at radius 3 is 2.50 bits per heavy atom. The first kappa shape index (κ1) is 13.7. The average molecular weight is 173 g/mol. The van der Waals surface area contributed by atoms with E-state index in [1.165, 1.54) is 12.8 Å². The molecule has 0 aromatic heterocycles. The standard InChI is InChI=1S/C7H15N3.C2H6.H2/c1-4-5-6-7(2)9-10-8-3;1-2;/h10H,3-6H2,1-2H3;1-2H3;1H/b9-7+;;. The van der Waals surface area contributed by atoms with Crippen molar-refractivity contribution >= 4 is 12.4 Å². The van der Waals surface area contributed by atoms with Gasteiger partial charge < -0.3 is 0 Å². The van der Waals surface area contributed by atoms with E-state index in [1.807, 2.05) is 20.8 Å². The largest absolute Gasteiger partial charge is 0.199 e. The normalized spacial score (nSPS) is 9.83. The minimum atomic E-state index is 0. The summed E-state index contributed by atoms with van der Waals surface area (Å²) in [5, 5.41) is 7.31. The van der Waals surface area contributed by atoms with Gasteiger partial charge in [0.05, 0.1) is 0 Å². The van der Waals surface area contributed by atoms with Crippen LogP contribution in [0.2, 0.25) is 0 Å². The number of hydrogen-bond acceptors (Lipinski definition) is 3. The van der Waals surface area contributed by atoms with Gasteiger partial charge in [-0.1, -0.05) is 27.2 Å². The van der Waals surface area contributed by atoms with Crippen molar-refractivity contribution in [2.75, 3.05) is 0 Å². The lowest BCUT2D eigenvalue weighted by atomic mass is 10.2. The van der Waals surface area contributed by atoms with Gasteiger partial charge in [0.25, 0.3) is 0 Å². The molecule has 0 atom stereocenters. The molecule has 74 valence electrons. The molecule has 3 nitrogen and oxygen atoms in total. The second kappa shape index (κ2) is 12.8. The number of hydrazone groups is 2. The lowest BCUT2D eigenvalue weighted by molar-refractivity contribution is 0.784. The van der Waals surface area contributed by atoms with Gasteiger partial charge in [0.15, 0.2) is 0 Å². The van der Waals surface area contributed by atoms with E-state index < -0.39 is 0 Å². The van der Waals surface area contributed by atoms with Crippen LogP contribution in [0.15, 0.2) is 10.2 Å². The third kappa shape index (κ3) is 11.9. The number of hydrogen-bond donors (Lipinski definition) is 1. The number of nitrogens with one attached hydrogen (secondary N) is 1. The molecule has 0 aliphatic rings. The van der Waals surface area contributed by atoms with Crippen LogP contribution in [0, 0.1) is 0 Å². The zero-order valence-corrected chi connectivity index (χ0v) is 8.72. The maximum Gasteiger partial charge on any atom is 0.0368 e. The molecule has 0 aromatic carbocycles. The predicted octanol–water partition coefficient (Wildman–Crippen LogP) is 3.03. The predicted molar refractivity (Wildman–Crippen MR) is 58.8 cm³/mol. The molecular weight excluding hydrogens is 150 g/mol. The summed E-state index contributed by atoms with van der Waals surface area (Å²) < 4.78 is 0. The molecule has 0 saturated heterocycles. The molecule has 0 heterocycles. The lowest BCUT2D eigenvalue weighted by Gasteiger charge is -1.96. The fraction of sp³-hybridized carbons (Fsp3) is 0.778. The summed E-state index contributed by atoms with van der Waals surface area (Å²) in [4.78, 5) is 0. The fourth-order valence-corrected chi connectivity index (χ4v) is 0.609. The highest BCUT2D eigenvalue weighted by Gasteiger charge is 1.88. The van der Waals surface area contributed by atoms with Crippen LogP contribution >= 0.6 is 0 Å². The monoisotopic (exact) mass is 173 g/mol. The summed E-state index contributed by atoms with van der Waals surface area (Å²) in [6, 6.07) is 0. The Balaban J connectivity index is -0.000000309. The molecule has 0 rings (SSSR count). The molecule has 0 saturated carbocycles. The summed E-state index contributed by atoms with van der Waals surface area (Å²) in [6.07, 6.45) is 3.43. The molecular formula is C9H23N3. The summed E-state index contributed by atoms with van der Waals surface area (Å²) in [5.41, 5.74) is 3.54. The first-order valence-corrected chi connectivity index (χ1v) is 4.55. The first-order valence-electron chi connectivity index (χ1n) is 4.55. The summed E-state index contributed by atoms with van der Waals surface area (Å²) >= 11 is 0. The van der Waals surface area contributed by atoms with Crippen LogP contribution in [0.1, 0.15) is 48.4 Å². The van der Waals surface area contributed by atoms with Crippen molar-refractivity contribution in [2.45, 2.75) is 47.0 Å². The van der Waals surface area contributed by atoms with Gasteiger partial charge >= 0.3 is 0 Å². The Labute approximate surface area is 77.4 Å². The number of rotatable bonds is 5. The van der Waals surface area contributed by atoms with Gasteiger partial charge in [-0.25, -0.2) is 0 Å². The minimum Gasteiger partial charge on any atom is -0.199 e. The van der Waals surface area contributed by atoms with Gasteiger partial charge in [-0.05, 0) is 19.8 Å². The van der Waals surface area contributed by atoms with Crippen LogP contribution in [-0.2, 0) is 0 Å². The van der Waals surface area contributed by atoms with E-state index in [1.54, 1.807) is 0 Å². The van der Waals surface area contributed by atoms with Gasteiger partial charge in [0, 0.05) is 13.9 Å². The van der Waals surface area contributed by atoms with Crippen LogP contribution in [0.5, 0.6) is 0 Å². The van der Waals surface area contributed by atoms with Crippen molar-refractivity contribution in [3.05, 3.63) is 0 Å². The highest BCUT2D eigenvalue weighted by atomic mass is 15.5. The molecule has 0 bridgehead atoms. The van der Waals surface area contributed by atoms with Crippen molar-refractivity contribution < 1.29 is 1.43 Å². The second-order valence-corrected chi connectivity index (χ2v) is 2.21. The van der Waals surface area contributed by atoms with E-state index in [-0.39, 0.29) is 1.43 Å². The smallest absolute Gasteiger partial charge is 0.0368 e. The molecule has 0 spiro atoms. The number of nitrogens with zero attached hydrogens (tertiary/aromatic N) is 2. The third-order valence-corrected chi connectivity index (χ3v) is 1.20. The summed E-state index contributed by atoms with van der Waals surface area (Å²) in [6.45, 7) is 11.4. The summed E-state index contributed by atoms with van der Waals surface area (Å²) in [7, 11) is 0. The Kier molecular flexibility index (Phi) is 14.6. The molecule has 0 amide bonds. The SMILES string of the molecule is C=NN/N=C(\C)CCCC.CC.[HH]. The zero-order valence-electron chi connectivity index (χ0n) is 8.72. The fourth-order valence-electron chi connectivity index (χ4n) is 0.609. The van der Waals surface area contributed by atoms with Gasteiger partial charge in [-0.2, -0.15) is 15.7 Å². The molecule has 0 unspecified atom stereocenters. The van der Waals surface area contributed by atoms with Crippen molar-refractivity contribution in [2.24, 2.45) is 10.2 Å². The summed E-state index contributed by atoms with van der Waals surface area (Å²) in [5.74, 6) is 0. The first-order chi connectivity index (χ1) is 5.81. The van der Waals surface area contributed by atoms with E-state index in [4.69, 9.17) is 0 Å². The number of unbranched alkanes of at least 4 members (excludes halogenated alkanes) is 1. The topological polar surface area (TPSA) is 36.8 Å². The van der Waals surface area contributed by atoms with Crippen molar-refractivity contribution in [3.8, 4) is 0 Å². The van der Waals surface area contributed by atoms with Gasteiger partial charge in [-0.15, -0.1) is 0 Å². The van der Waals surface area contributed by atoms with E-state index in [2.05, 4.69) is 29.4 Å². The molecule has 3 heteroatoms. The van der Waals surface area contributed by atoms with Crippen LogP contribution < -0.4 is 5.53 Å². The Morgan fingerprint density at radius 1 is 1.50 bits per heavy atom. The molecule has 0 fully saturated rings. The van der Waals surface area contributed by atoms with Crippen LogP contribution in [0.3, 0.4) is 0 Å². The van der Waals surface area contributed by atoms with E-state index >= 15 is 0 Å². The highest BCUT2D eigenvalue weighted by Crippen LogP contribution is 1.95. The van der Waals surface area contributed by atoms with Crippen molar-refractivity contribution in [1.29, 1.82) is 0 Å². The van der Waals surface area contributed by atoms with Crippen LogP contribution in [0.4, 0.5) is 0 Å². The molecule has 0 aliphatic carbocycles. The van der Waals surface area contributed by atoms with Crippen molar-refractivity contribution in [1.82, 2.24) is 5.53 Å². The molecule has 0 aliphatic heterocycles. The minimum absolute atomic E-state index is 0. The molecule has 0 aromatic rings. The van der Waals surface area contributed by atoms with Gasteiger partial charge in [0.1, 0.15) is 0 Å². The van der Waals surface area contributed by atoms with Gasteiger partial charge in [-0.3, -0.25) is 0 Å². The van der Waals surface area contributed by atoms with E-state index in [9.17, 15) is 0 Å². The quantitative estimate of drug-likeness (QED) is 0.503. The maximum absolute atomic E-state index is 3.92. The van der Waals surface area contributed by atoms with Gasteiger partial charge in [0.2, 0.25) is 0 Å². The second-order valence-electron chi connectivity index (χ2n) is 2.21. The average Bonchev–Trinajstić information content (AvgIpc) is 2.14. The Hall–Kier alpha value is -0.860. The van der Waals surface area contributed by atoms with Crippen LogP contribution in [-0.4, -0.2) is 12.4 Å². The molecule has 12 heavy (non-hydrogen) atoms. The Morgan fingerprint density at radius 2 is 2.08 bits per heavy atom. The maximum atomic E-state index is 3.92. The van der Waals surface area contributed by atoms with E-state index in [0.29, 0.717) is 0 Å². The lowest BCUT2D eigenvalue weighted by Crippen LogP contribution is -2.00. The Bertz CT molecular complexity index is 124. The molecule has 1 N–H and O–H groups in total. The van der Waals surface area contributed by atoms with Crippen LogP contribution in [0.25, 0.3) is 0 Å². The van der Waals surface area contributed by atoms with Crippen molar-refractivity contribution in [3.63, 3.8) is 0 Å². The zero-order chi connectivity index (χ0) is 9.82. The molecule has 0 radical (unpaired) electrons. The third-order valence-electron chi connectivity index (χ3n) is 1.20. The highest BCUT2D eigenvalue weighted by molar-refractivity contribution is 5.81.